The number of halogens is 1. The molecule has 1 heterocycles. The van der Waals surface area contributed by atoms with Crippen molar-refractivity contribution in [1.29, 1.82) is 0 Å². The second kappa shape index (κ2) is 6.78. The van der Waals surface area contributed by atoms with E-state index in [0.29, 0.717) is 22.0 Å². The van der Waals surface area contributed by atoms with Gasteiger partial charge in [0.25, 0.3) is 5.56 Å². The highest BCUT2D eigenvalue weighted by Crippen LogP contribution is 2.18. The summed E-state index contributed by atoms with van der Waals surface area (Å²) >= 11 is 5.96. The molecule has 1 aromatic heterocycles. The molecule has 0 spiro atoms. The Morgan fingerprint density at radius 3 is 2.72 bits per heavy atom. The van der Waals surface area contributed by atoms with Crippen molar-refractivity contribution < 1.29 is 9.90 Å². The van der Waals surface area contributed by atoms with Gasteiger partial charge in [-0.3, -0.25) is 14.9 Å². The van der Waals surface area contributed by atoms with E-state index < -0.39 is 5.97 Å². The van der Waals surface area contributed by atoms with E-state index in [9.17, 15) is 14.7 Å². The summed E-state index contributed by atoms with van der Waals surface area (Å²) in [6, 6.07) is 13.0. The van der Waals surface area contributed by atoms with Crippen molar-refractivity contribution >= 4 is 29.5 Å². The first-order chi connectivity index (χ1) is 12.0. The van der Waals surface area contributed by atoms with Crippen LogP contribution in [0.3, 0.4) is 0 Å². The number of nitrogens with one attached hydrogen (secondary N) is 1. The lowest BCUT2D eigenvalue weighted by Gasteiger charge is -2.04. The minimum Gasteiger partial charge on any atom is -0.545 e. The molecular formula is C18H13ClN3O3-. The van der Waals surface area contributed by atoms with Crippen LogP contribution in [0.1, 0.15) is 21.6 Å². The molecular weight excluding hydrogens is 342 g/mol. The predicted molar refractivity (Wildman–Crippen MR) is 94.2 cm³/mol. The number of aliphatic imine (C=N–C) groups is 1. The van der Waals surface area contributed by atoms with Gasteiger partial charge in [-0.15, -0.1) is 0 Å². The van der Waals surface area contributed by atoms with Gasteiger partial charge in [0.15, 0.2) is 0 Å². The second-order valence-corrected chi connectivity index (χ2v) is 5.77. The third kappa shape index (κ3) is 3.39. The fourth-order valence-corrected chi connectivity index (χ4v) is 2.59. The van der Waals surface area contributed by atoms with E-state index in [4.69, 9.17) is 11.6 Å². The van der Waals surface area contributed by atoms with Crippen LogP contribution in [-0.4, -0.2) is 22.0 Å². The second-order valence-electron chi connectivity index (χ2n) is 5.33. The summed E-state index contributed by atoms with van der Waals surface area (Å²) in [6.45, 7) is 1.73. The Balaban J connectivity index is 2.03. The lowest BCUT2D eigenvalue weighted by Crippen LogP contribution is -2.22. The summed E-state index contributed by atoms with van der Waals surface area (Å²) in [4.78, 5) is 27.9. The summed E-state index contributed by atoms with van der Waals surface area (Å²) in [5.74, 6) is -1.32. The molecule has 0 saturated heterocycles. The molecule has 0 unspecified atom stereocenters. The molecule has 0 fully saturated rings. The van der Waals surface area contributed by atoms with Crippen LogP contribution in [0.4, 0.5) is 5.69 Å². The normalized spacial score (nSPS) is 11.1. The maximum atomic E-state index is 12.6. The molecule has 25 heavy (non-hydrogen) atoms. The number of benzene rings is 2. The van der Waals surface area contributed by atoms with Gasteiger partial charge in [-0.25, -0.2) is 4.68 Å². The molecule has 3 aromatic rings. The standard InChI is InChI=1S/C18H14ClN3O3/c1-11-15(10-20-16-8-3-2-7-14(16)18(24)25)17(23)22(21-11)13-6-4-5-12(19)9-13/h2-10,21H,1H3,(H,24,25)/p-1. The molecule has 6 nitrogen and oxygen atoms in total. The zero-order chi connectivity index (χ0) is 18.0. The number of aryl methyl sites for hydroxylation is 1. The van der Waals surface area contributed by atoms with E-state index in [2.05, 4.69) is 10.1 Å². The molecule has 0 aliphatic rings. The van der Waals surface area contributed by atoms with Crippen molar-refractivity contribution in [3.8, 4) is 5.69 Å². The first-order valence-electron chi connectivity index (χ1n) is 7.39. The average molecular weight is 355 g/mol. The number of para-hydroxylation sites is 1. The molecule has 7 heteroatoms. The molecule has 0 amide bonds. The highest BCUT2D eigenvalue weighted by Gasteiger charge is 2.11. The number of nitrogens with zero attached hydrogens (tertiary/aromatic N) is 2. The highest BCUT2D eigenvalue weighted by atomic mass is 35.5. The molecule has 0 saturated carbocycles. The van der Waals surface area contributed by atoms with E-state index in [1.165, 1.54) is 17.0 Å². The molecule has 1 N–H and O–H groups in total. The van der Waals surface area contributed by atoms with Crippen molar-refractivity contribution in [2.24, 2.45) is 4.99 Å². The number of aromatic amines is 1. The zero-order valence-corrected chi connectivity index (χ0v) is 13.9. The van der Waals surface area contributed by atoms with Crippen LogP contribution >= 0.6 is 11.6 Å². The van der Waals surface area contributed by atoms with Crippen molar-refractivity contribution in [3.63, 3.8) is 0 Å². The summed E-state index contributed by atoms with van der Waals surface area (Å²) in [7, 11) is 0. The first kappa shape index (κ1) is 16.7. The number of carboxylic acid groups (broad SMARTS) is 1. The molecule has 0 atom stereocenters. The minimum absolute atomic E-state index is 0.0397. The number of carbonyl (C=O) groups excluding carboxylic acids is 1. The maximum absolute atomic E-state index is 12.6. The van der Waals surface area contributed by atoms with Crippen molar-refractivity contribution in [2.75, 3.05) is 0 Å². The molecule has 2 aromatic carbocycles. The van der Waals surface area contributed by atoms with Crippen molar-refractivity contribution in [2.45, 2.75) is 6.92 Å². The summed E-state index contributed by atoms with van der Waals surface area (Å²) in [6.07, 6.45) is 1.34. The fourth-order valence-electron chi connectivity index (χ4n) is 2.40. The van der Waals surface area contributed by atoms with Crippen LogP contribution in [0, 0.1) is 6.92 Å². The maximum Gasteiger partial charge on any atom is 0.280 e. The highest BCUT2D eigenvalue weighted by molar-refractivity contribution is 6.30. The zero-order valence-electron chi connectivity index (χ0n) is 13.2. The molecule has 0 aliphatic heterocycles. The molecule has 0 radical (unpaired) electrons. The van der Waals surface area contributed by atoms with Gasteiger partial charge in [-0.05, 0) is 31.2 Å². The smallest absolute Gasteiger partial charge is 0.280 e. The Morgan fingerprint density at radius 1 is 1.24 bits per heavy atom. The monoisotopic (exact) mass is 354 g/mol. The average Bonchev–Trinajstić information content (AvgIpc) is 2.87. The summed E-state index contributed by atoms with van der Waals surface area (Å²) in [5.41, 5.74) is 1.39. The SMILES string of the molecule is Cc1[nH]n(-c2cccc(Cl)c2)c(=O)c1C=Nc1ccccc1C(=O)[O-]. The summed E-state index contributed by atoms with van der Waals surface area (Å²) < 4.78 is 1.35. The Kier molecular flexibility index (Phi) is 4.54. The van der Waals surface area contributed by atoms with E-state index in [1.807, 2.05) is 0 Å². The number of H-pyrrole nitrogens is 1. The van der Waals surface area contributed by atoms with Gasteiger partial charge in [0.05, 0.1) is 22.9 Å². The molecule has 126 valence electrons. The van der Waals surface area contributed by atoms with E-state index in [1.54, 1.807) is 49.4 Å². The lowest BCUT2D eigenvalue weighted by molar-refractivity contribution is -0.254. The largest absolute Gasteiger partial charge is 0.545 e. The topological polar surface area (TPSA) is 90.3 Å². The number of hydrogen-bond acceptors (Lipinski definition) is 4. The third-order valence-electron chi connectivity index (χ3n) is 3.64. The van der Waals surface area contributed by atoms with Gasteiger partial charge in [0.1, 0.15) is 0 Å². The molecule has 0 aliphatic carbocycles. The predicted octanol–water partition coefficient (Wildman–Crippen LogP) is 2.24. The van der Waals surface area contributed by atoms with Crippen molar-refractivity contribution in [1.82, 2.24) is 9.78 Å². The third-order valence-corrected chi connectivity index (χ3v) is 3.88. The number of rotatable bonds is 4. The van der Waals surface area contributed by atoms with Gasteiger partial charge in [0, 0.05) is 22.5 Å². The Hall–Kier alpha value is -3.12. The van der Waals surface area contributed by atoms with Crippen molar-refractivity contribution in [3.05, 3.63) is 80.7 Å². The number of aromatic nitrogens is 2. The fraction of sp³-hybridized carbons (Fsp3) is 0.0556. The minimum atomic E-state index is -1.32. The molecule has 3 rings (SSSR count). The Bertz CT molecular complexity index is 1030. The lowest BCUT2D eigenvalue weighted by atomic mass is 10.2. The van der Waals surface area contributed by atoms with E-state index >= 15 is 0 Å². The van der Waals surface area contributed by atoms with Gasteiger partial charge in [-0.2, -0.15) is 0 Å². The van der Waals surface area contributed by atoms with Gasteiger partial charge in [-0.1, -0.05) is 35.9 Å². The first-order valence-corrected chi connectivity index (χ1v) is 7.77. The van der Waals surface area contributed by atoms with Crippen LogP contribution in [0.2, 0.25) is 5.02 Å². The van der Waals surface area contributed by atoms with Gasteiger partial charge >= 0.3 is 0 Å². The molecule has 0 bridgehead atoms. The Labute approximate surface area is 148 Å². The van der Waals surface area contributed by atoms with Crippen LogP contribution in [0.25, 0.3) is 5.69 Å². The van der Waals surface area contributed by atoms with Gasteiger partial charge in [0.2, 0.25) is 0 Å². The number of aromatic carboxylic acids is 1. The van der Waals surface area contributed by atoms with E-state index in [0.717, 1.165) is 0 Å². The van der Waals surface area contributed by atoms with Gasteiger partial charge < -0.3 is 9.90 Å². The quantitative estimate of drug-likeness (QED) is 0.728. The van der Waals surface area contributed by atoms with Crippen LogP contribution in [0.15, 0.2) is 58.3 Å². The van der Waals surface area contributed by atoms with Crippen LogP contribution < -0.4 is 10.7 Å². The number of carboxylic acids is 1. The Morgan fingerprint density at radius 2 is 2.00 bits per heavy atom. The number of hydrogen-bond donors (Lipinski definition) is 1. The van der Waals surface area contributed by atoms with Crippen LogP contribution in [-0.2, 0) is 0 Å². The number of carbonyl (C=O) groups is 1. The van der Waals surface area contributed by atoms with Crippen LogP contribution in [0.5, 0.6) is 0 Å². The summed E-state index contributed by atoms with van der Waals surface area (Å²) in [5, 5.41) is 14.6. The van der Waals surface area contributed by atoms with E-state index in [-0.39, 0.29) is 16.8 Å².